The highest BCUT2D eigenvalue weighted by Gasteiger charge is 2.09. The van der Waals surface area contributed by atoms with E-state index in [0.717, 1.165) is 22.5 Å². The van der Waals surface area contributed by atoms with E-state index in [1.807, 2.05) is 44.6 Å². The molecule has 6 heteroatoms. The molecule has 2 rings (SSSR count). The van der Waals surface area contributed by atoms with Crippen LogP contribution in [0.15, 0.2) is 46.0 Å². The Morgan fingerprint density at radius 2 is 2.09 bits per heavy atom. The normalized spacial score (nSPS) is 11.2. The number of benzene rings is 1. The van der Waals surface area contributed by atoms with Crippen LogP contribution in [-0.2, 0) is 20.1 Å². The second kappa shape index (κ2) is 7.84. The third kappa shape index (κ3) is 4.60. The van der Waals surface area contributed by atoms with Crippen LogP contribution in [0.5, 0.6) is 0 Å². The Balaban J connectivity index is 1.96. The van der Waals surface area contributed by atoms with E-state index in [2.05, 4.69) is 47.8 Å². The van der Waals surface area contributed by atoms with Crippen molar-refractivity contribution >= 4 is 21.9 Å². The fourth-order valence-corrected chi connectivity index (χ4v) is 2.88. The summed E-state index contributed by atoms with van der Waals surface area (Å²) in [7, 11) is 5.81. The van der Waals surface area contributed by atoms with Crippen LogP contribution in [0.25, 0.3) is 0 Å². The zero-order valence-corrected chi connectivity index (χ0v) is 15.1. The average Bonchev–Trinajstić information content (AvgIpc) is 2.86. The van der Waals surface area contributed by atoms with Gasteiger partial charge in [-0.25, -0.2) is 0 Å². The number of halogens is 1. The first-order chi connectivity index (χ1) is 11.0. The van der Waals surface area contributed by atoms with Gasteiger partial charge in [-0.15, -0.1) is 0 Å². The predicted octanol–water partition coefficient (Wildman–Crippen LogP) is 2.87. The summed E-state index contributed by atoms with van der Waals surface area (Å²) in [6, 6.07) is 11.8. The lowest BCUT2D eigenvalue weighted by atomic mass is 10.1. The number of guanidine groups is 1. The molecule has 0 aliphatic carbocycles. The molecule has 0 radical (unpaired) electrons. The van der Waals surface area contributed by atoms with Crippen molar-refractivity contribution in [2.45, 2.75) is 13.1 Å². The van der Waals surface area contributed by atoms with E-state index in [-0.39, 0.29) is 0 Å². The third-order valence-corrected chi connectivity index (χ3v) is 4.01. The van der Waals surface area contributed by atoms with Crippen molar-refractivity contribution in [1.29, 1.82) is 5.26 Å². The monoisotopic (exact) mass is 373 g/mol. The molecule has 120 valence electrons. The molecule has 23 heavy (non-hydrogen) atoms. The van der Waals surface area contributed by atoms with Gasteiger partial charge in [0, 0.05) is 44.1 Å². The molecule has 5 nitrogen and oxygen atoms in total. The summed E-state index contributed by atoms with van der Waals surface area (Å²) >= 11 is 3.49. The van der Waals surface area contributed by atoms with Gasteiger partial charge >= 0.3 is 0 Å². The van der Waals surface area contributed by atoms with Gasteiger partial charge in [0.2, 0.25) is 0 Å². The van der Waals surface area contributed by atoms with Gasteiger partial charge in [0.15, 0.2) is 5.96 Å². The van der Waals surface area contributed by atoms with Gasteiger partial charge in [-0.2, -0.15) is 5.26 Å². The third-order valence-electron chi connectivity index (χ3n) is 3.58. The van der Waals surface area contributed by atoms with Gasteiger partial charge in [-0.05, 0) is 39.7 Å². The Labute approximate surface area is 145 Å². The van der Waals surface area contributed by atoms with Gasteiger partial charge in [-0.3, -0.25) is 4.99 Å². The number of hydrogen-bond acceptors (Lipinski definition) is 2. The number of aryl methyl sites for hydroxylation is 1. The number of hydrogen-bond donors (Lipinski definition) is 1. The topological polar surface area (TPSA) is 56.4 Å². The predicted molar refractivity (Wildman–Crippen MR) is 95.9 cm³/mol. The maximum atomic E-state index is 8.82. The van der Waals surface area contributed by atoms with Gasteiger partial charge < -0.3 is 14.8 Å². The minimum absolute atomic E-state index is 0.666. The van der Waals surface area contributed by atoms with Crippen LogP contribution in [-0.4, -0.2) is 29.5 Å². The molecule has 0 aliphatic heterocycles. The Bertz CT molecular complexity index is 724. The number of aliphatic imine (C=N–C) groups is 1. The Kier molecular flexibility index (Phi) is 5.83. The number of nitrogens with zero attached hydrogens (tertiary/aromatic N) is 4. The van der Waals surface area contributed by atoms with Crippen LogP contribution in [0.1, 0.15) is 16.8 Å². The summed E-state index contributed by atoms with van der Waals surface area (Å²) in [5, 5.41) is 12.2. The van der Waals surface area contributed by atoms with E-state index in [4.69, 9.17) is 5.26 Å². The quantitative estimate of drug-likeness (QED) is 0.662. The SMILES string of the molecule is CN=C(NCc1ccc(C#N)cc1)N(C)Cc1cc(Br)cn1C. The molecule has 0 saturated heterocycles. The second-order valence-electron chi connectivity index (χ2n) is 5.33. The fourth-order valence-electron chi connectivity index (χ4n) is 2.30. The standard InChI is InChI=1S/C17H20BrN5/c1-20-17(21-10-14-6-4-13(9-19)5-7-14)23(3)12-16-8-15(18)11-22(16)2/h4-8,11H,10,12H2,1-3H3,(H,20,21). The highest BCUT2D eigenvalue weighted by molar-refractivity contribution is 9.10. The van der Waals surface area contributed by atoms with E-state index >= 15 is 0 Å². The molecule has 0 unspecified atom stereocenters. The highest BCUT2D eigenvalue weighted by Crippen LogP contribution is 2.15. The van der Waals surface area contributed by atoms with Crippen molar-refractivity contribution in [2.75, 3.05) is 14.1 Å². The molecule has 0 saturated carbocycles. The molecule has 0 amide bonds. The van der Waals surface area contributed by atoms with Crippen LogP contribution in [0, 0.1) is 11.3 Å². The largest absolute Gasteiger partial charge is 0.352 e. The molecule has 0 spiro atoms. The van der Waals surface area contributed by atoms with Crippen molar-refractivity contribution in [3.63, 3.8) is 0 Å². The van der Waals surface area contributed by atoms with Crippen molar-refractivity contribution in [2.24, 2.45) is 12.0 Å². The molecular weight excluding hydrogens is 354 g/mol. The molecule has 0 bridgehead atoms. The molecular formula is C17H20BrN5. The number of aromatic nitrogens is 1. The van der Waals surface area contributed by atoms with Crippen molar-refractivity contribution in [3.8, 4) is 6.07 Å². The zero-order chi connectivity index (χ0) is 16.8. The lowest BCUT2D eigenvalue weighted by Gasteiger charge is -2.22. The van der Waals surface area contributed by atoms with Crippen molar-refractivity contribution in [1.82, 2.24) is 14.8 Å². The summed E-state index contributed by atoms with van der Waals surface area (Å²) in [6.07, 6.45) is 2.04. The molecule has 1 aromatic heterocycles. The summed E-state index contributed by atoms with van der Waals surface area (Å²) in [5.74, 6) is 0.826. The lowest BCUT2D eigenvalue weighted by Crippen LogP contribution is -2.38. The van der Waals surface area contributed by atoms with Crippen LogP contribution >= 0.6 is 15.9 Å². The van der Waals surface area contributed by atoms with Crippen LogP contribution in [0.3, 0.4) is 0 Å². The van der Waals surface area contributed by atoms with E-state index < -0.39 is 0 Å². The summed E-state index contributed by atoms with van der Waals surface area (Å²) in [6.45, 7) is 1.43. The number of nitrogens with one attached hydrogen (secondary N) is 1. The maximum absolute atomic E-state index is 8.82. The van der Waals surface area contributed by atoms with E-state index in [1.165, 1.54) is 5.69 Å². The average molecular weight is 374 g/mol. The minimum Gasteiger partial charge on any atom is -0.352 e. The van der Waals surface area contributed by atoms with Crippen molar-refractivity contribution in [3.05, 3.63) is 57.8 Å². The van der Waals surface area contributed by atoms with Crippen molar-refractivity contribution < 1.29 is 0 Å². The molecule has 2 aromatic rings. The van der Waals surface area contributed by atoms with Gasteiger partial charge in [-0.1, -0.05) is 12.1 Å². The van der Waals surface area contributed by atoms with E-state index in [0.29, 0.717) is 12.1 Å². The second-order valence-corrected chi connectivity index (χ2v) is 6.24. The molecule has 0 fully saturated rings. The maximum Gasteiger partial charge on any atom is 0.194 e. The molecule has 1 aromatic carbocycles. The highest BCUT2D eigenvalue weighted by atomic mass is 79.9. The summed E-state index contributed by atoms with van der Waals surface area (Å²) in [5.41, 5.74) is 2.98. The first kappa shape index (κ1) is 17.1. The van der Waals surface area contributed by atoms with E-state index in [9.17, 15) is 0 Å². The smallest absolute Gasteiger partial charge is 0.194 e. The lowest BCUT2D eigenvalue weighted by molar-refractivity contribution is 0.461. The number of nitriles is 1. The first-order valence-electron chi connectivity index (χ1n) is 7.25. The van der Waals surface area contributed by atoms with Crippen LogP contribution in [0.2, 0.25) is 0 Å². The first-order valence-corrected chi connectivity index (χ1v) is 8.04. The molecule has 0 atom stereocenters. The summed E-state index contributed by atoms with van der Waals surface area (Å²) in [4.78, 5) is 6.40. The van der Waals surface area contributed by atoms with Gasteiger partial charge in [0.1, 0.15) is 0 Å². The van der Waals surface area contributed by atoms with Gasteiger partial charge in [0.05, 0.1) is 18.2 Å². The Morgan fingerprint density at radius 1 is 1.39 bits per heavy atom. The minimum atomic E-state index is 0.666. The summed E-state index contributed by atoms with van der Waals surface area (Å²) < 4.78 is 3.16. The fraction of sp³-hybridized carbons (Fsp3) is 0.294. The van der Waals surface area contributed by atoms with E-state index in [1.54, 1.807) is 7.05 Å². The van der Waals surface area contributed by atoms with Crippen LogP contribution in [0.4, 0.5) is 0 Å². The Morgan fingerprint density at radius 3 is 2.61 bits per heavy atom. The zero-order valence-electron chi connectivity index (χ0n) is 13.5. The molecule has 1 N–H and O–H groups in total. The molecule has 1 heterocycles. The number of rotatable bonds is 4. The molecule has 0 aliphatic rings. The Hall–Kier alpha value is -2.26. The van der Waals surface area contributed by atoms with Crippen LogP contribution < -0.4 is 5.32 Å². The van der Waals surface area contributed by atoms with Gasteiger partial charge in [0.25, 0.3) is 0 Å².